The molecule has 0 amide bonds. The fraction of sp³-hybridized carbons (Fsp3) is 0.200. The van der Waals surface area contributed by atoms with E-state index in [1.807, 2.05) is 37.3 Å². The molecule has 0 radical (unpaired) electrons. The SMILES string of the molecule is CC(NC(O)=S)c1ccccc1.NC(O)=S.[KH]. The third-order valence-corrected chi connectivity index (χ3v) is 1.76. The Morgan fingerprint density at radius 2 is 1.65 bits per heavy atom. The van der Waals surface area contributed by atoms with Crippen molar-refractivity contribution in [1.29, 1.82) is 0 Å². The summed E-state index contributed by atoms with van der Waals surface area (Å²) in [5, 5.41) is 18.5. The third kappa shape index (κ3) is 12.5. The van der Waals surface area contributed by atoms with Crippen molar-refractivity contribution in [3.8, 4) is 0 Å². The Balaban J connectivity index is 0. The van der Waals surface area contributed by atoms with Crippen LogP contribution in [0.1, 0.15) is 18.5 Å². The second-order valence-corrected chi connectivity index (χ2v) is 3.73. The third-order valence-electron chi connectivity index (χ3n) is 1.64. The molecule has 0 saturated heterocycles. The zero-order valence-corrected chi connectivity index (χ0v) is 10.4. The Morgan fingerprint density at radius 1 is 1.24 bits per heavy atom. The van der Waals surface area contributed by atoms with Crippen molar-refractivity contribution in [2.45, 2.75) is 13.0 Å². The van der Waals surface area contributed by atoms with Crippen molar-refractivity contribution in [3.63, 3.8) is 0 Å². The number of rotatable bonds is 2. The van der Waals surface area contributed by atoms with Crippen molar-refractivity contribution in [1.82, 2.24) is 5.32 Å². The van der Waals surface area contributed by atoms with Crippen LogP contribution in [0.4, 0.5) is 0 Å². The van der Waals surface area contributed by atoms with Crippen LogP contribution >= 0.6 is 24.4 Å². The molecule has 1 atom stereocenters. The molecule has 4 nitrogen and oxygen atoms in total. The van der Waals surface area contributed by atoms with Gasteiger partial charge in [0.25, 0.3) is 10.3 Å². The minimum atomic E-state index is -0.500. The van der Waals surface area contributed by atoms with Crippen molar-refractivity contribution in [2.24, 2.45) is 5.73 Å². The molecule has 0 aromatic heterocycles. The first-order chi connectivity index (χ1) is 7.43. The van der Waals surface area contributed by atoms with Gasteiger partial charge in [0.1, 0.15) is 0 Å². The standard InChI is InChI=1S/C9H11NOS.CH3NOS.K.H/c1-7(10-9(11)12)8-5-3-2-4-6-8;2-1(3)4;;/h2-7H,1H3,(H2,10,11,12);(H3,2,3,4);;. The minimum absolute atomic E-state index is 0. The molecule has 0 aliphatic rings. The number of thiocarbonyl (C=S) groups is 2. The second-order valence-electron chi connectivity index (χ2n) is 2.92. The van der Waals surface area contributed by atoms with Gasteiger partial charge in [0.05, 0.1) is 6.04 Å². The van der Waals surface area contributed by atoms with E-state index in [0.717, 1.165) is 5.56 Å². The van der Waals surface area contributed by atoms with E-state index < -0.39 is 5.17 Å². The Hall–Kier alpha value is 0.236. The van der Waals surface area contributed by atoms with Crippen LogP contribution in [-0.4, -0.2) is 71.9 Å². The predicted octanol–water partition coefficient (Wildman–Crippen LogP) is 1.32. The topological polar surface area (TPSA) is 78.5 Å². The van der Waals surface area contributed by atoms with Crippen LogP contribution in [0, 0.1) is 0 Å². The zero-order valence-electron chi connectivity index (χ0n) is 8.75. The van der Waals surface area contributed by atoms with E-state index in [9.17, 15) is 0 Å². The van der Waals surface area contributed by atoms with Gasteiger partial charge in [-0.3, -0.25) is 0 Å². The van der Waals surface area contributed by atoms with Gasteiger partial charge in [0.2, 0.25) is 0 Å². The molecule has 0 spiro atoms. The van der Waals surface area contributed by atoms with Gasteiger partial charge >= 0.3 is 51.4 Å². The predicted molar refractivity (Wildman–Crippen MR) is 79.8 cm³/mol. The molecule has 7 heteroatoms. The molecule has 5 N–H and O–H groups in total. The number of aliphatic hydroxyl groups excluding tert-OH is 2. The van der Waals surface area contributed by atoms with Gasteiger partial charge in [0.15, 0.2) is 0 Å². The second kappa shape index (κ2) is 11.3. The van der Waals surface area contributed by atoms with Crippen molar-refractivity contribution < 1.29 is 10.2 Å². The number of hydrogen-bond donors (Lipinski definition) is 4. The summed E-state index contributed by atoms with van der Waals surface area (Å²) in [5.41, 5.74) is 5.50. The number of benzene rings is 1. The van der Waals surface area contributed by atoms with E-state index in [1.54, 1.807) is 0 Å². The molecule has 1 aromatic rings. The summed E-state index contributed by atoms with van der Waals surface area (Å²) < 4.78 is 0. The van der Waals surface area contributed by atoms with E-state index in [0.29, 0.717) is 0 Å². The molecule has 90 valence electrons. The van der Waals surface area contributed by atoms with E-state index >= 15 is 0 Å². The molecule has 0 fully saturated rings. The maximum absolute atomic E-state index is 8.80. The van der Waals surface area contributed by atoms with E-state index in [1.165, 1.54) is 0 Å². The molecule has 0 heterocycles. The van der Waals surface area contributed by atoms with E-state index in [4.69, 9.17) is 10.2 Å². The molecule has 0 aliphatic heterocycles. The summed E-state index contributed by atoms with van der Waals surface area (Å²) in [5.74, 6) is 0. The summed E-state index contributed by atoms with van der Waals surface area (Å²) in [7, 11) is 0. The van der Waals surface area contributed by atoms with Gasteiger partial charge in [-0.25, -0.2) is 0 Å². The van der Waals surface area contributed by atoms with Gasteiger partial charge < -0.3 is 21.3 Å². The summed E-state index contributed by atoms with van der Waals surface area (Å²) in [6.45, 7) is 1.94. The molecule has 1 aromatic carbocycles. The van der Waals surface area contributed by atoms with Crippen LogP contribution in [-0.2, 0) is 0 Å². The molecular formula is C10H15KN2O2S2. The summed E-state index contributed by atoms with van der Waals surface area (Å²) in [4.78, 5) is 0. The monoisotopic (exact) mass is 298 g/mol. The first kappa shape index (κ1) is 19.6. The number of nitrogens with one attached hydrogen (secondary N) is 1. The molecular weight excluding hydrogens is 283 g/mol. The number of aliphatic hydroxyl groups is 2. The van der Waals surface area contributed by atoms with Crippen LogP contribution in [0.3, 0.4) is 0 Å². The first-order valence-corrected chi connectivity index (χ1v) is 5.28. The Morgan fingerprint density at radius 3 is 2.00 bits per heavy atom. The Labute approximate surface area is 154 Å². The first-order valence-electron chi connectivity index (χ1n) is 4.46. The van der Waals surface area contributed by atoms with Crippen LogP contribution < -0.4 is 11.1 Å². The van der Waals surface area contributed by atoms with Crippen LogP contribution in [0.5, 0.6) is 0 Å². The maximum atomic E-state index is 8.80. The quantitative estimate of drug-likeness (QED) is 0.487. The molecule has 1 unspecified atom stereocenters. The van der Waals surface area contributed by atoms with Crippen molar-refractivity contribution >= 4 is 86.2 Å². The Kier molecular flexibility index (Phi) is 13.0. The fourth-order valence-corrected chi connectivity index (χ4v) is 1.19. The average molecular weight is 298 g/mol. The van der Waals surface area contributed by atoms with Crippen molar-refractivity contribution in [2.75, 3.05) is 0 Å². The number of hydrogen-bond acceptors (Lipinski definition) is 2. The van der Waals surface area contributed by atoms with Crippen LogP contribution in [0.2, 0.25) is 0 Å². The van der Waals surface area contributed by atoms with Gasteiger partial charge in [-0.05, 0) is 36.9 Å². The number of nitrogens with two attached hydrogens (primary N) is 1. The van der Waals surface area contributed by atoms with Gasteiger partial charge in [-0.1, -0.05) is 30.3 Å². The van der Waals surface area contributed by atoms with Gasteiger partial charge in [-0.15, -0.1) is 0 Å². The summed E-state index contributed by atoms with van der Waals surface area (Å²) in [6, 6.07) is 9.88. The summed E-state index contributed by atoms with van der Waals surface area (Å²) in [6.07, 6.45) is 0. The van der Waals surface area contributed by atoms with Crippen LogP contribution in [0.25, 0.3) is 0 Å². The molecule has 1 rings (SSSR count). The fourth-order valence-electron chi connectivity index (χ4n) is 1.01. The summed E-state index contributed by atoms with van der Waals surface area (Å²) >= 11 is 8.39. The average Bonchev–Trinajstić information content (AvgIpc) is 2.17. The molecule has 0 bridgehead atoms. The molecule has 0 aliphatic carbocycles. The normalized spacial score (nSPS) is 9.94. The van der Waals surface area contributed by atoms with Gasteiger partial charge in [0, 0.05) is 0 Å². The van der Waals surface area contributed by atoms with Crippen molar-refractivity contribution in [3.05, 3.63) is 35.9 Å². The molecule has 17 heavy (non-hydrogen) atoms. The zero-order chi connectivity index (χ0) is 12.6. The van der Waals surface area contributed by atoms with E-state index in [2.05, 4.69) is 35.5 Å². The van der Waals surface area contributed by atoms with E-state index in [-0.39, 0.29) is 62.6 Å². The Bertz CT molecular complexity index is 345. The van der Waals surface area contributed by atoms with Crippen LogP contribution in [0.15, 0.2) is 30.3 Å². The van der Waals surface area contributed by atoms with Gasteiger partial charge in [-0.2, -0.15) is 0 Å². The molecule has 0 saturated carbocycles.